The summed E-state index contributed by atoms with van der Waals surface area (Å²) in [5.41, 5.74) is 5.09. The van der Waals surface area contributed by atoms with E-state index in [9.17, 15) is 4.79 Å². The second-order valence-electron chi connectivity index (χ2n) is 9.71. The molecule has 2 aromatic carbocycles. The van der Waals surface area contributed by atoms with Crippen LogP contribution in [0.4, 0.5) is 14.9 Å². The van der Waals surface area contributed by atoms with E-state index in [2.05, 4.69) is 20.3 Å². The van der Waals surface area contributed by atoms with Gasteiger partial charge in [0.2, 0.25) is 5.88 Å². The lowest BCUT2D eigenvalue weighted by molar-refractivity contribution is 0.0401. The number of methoxy groups -OCH3 is 1. The molecule has 204 valence electrons. The summed E-state index contributed by atoms with van der Waals surface area (Å²) in [5, 5.41) is 3.38. The van der Waals surface area contributed by atoms with Crippen molar-refractivity contribution < 1.29 is 23.4 Å². The number of amides is 1. The highest BCUT2D eigenvalue weighted by molar-refractivity contribution is 7.21. The highest BCUT2D eigenvalue weighted by Crippen LogP contribution is 2.38. The van der Waals surface area contributed by atoms with Crippen molar-refractivity contribution in [1.29, 1.82) is 0 Å². The van der Waals surface area contributed by atoms with Crippen LogP contribution < -0.4 is 14.8 Å². The van der Waals surface area contributed by atoms with Gasteiger partial charge in [-0.1, -0.05) is 0 Å². The number of benzene rings is 2. The van der Waals surface area contributed by atoms with E-state index >= 15 is 4.39 Å². The third-order valence-corrected chi connectivity index (χ3v) is 7.79. The van der Waals surface area contributed by atoms with Gasteiger partial charge in [-0.25, -0.2) is 24.1 Å². The molecular weight excluding hydrogens is 533 g/mol. The fourth-order valence-electron chi connectivity index (χ4n) is 4.80. The zero-order valence-electron chi connectivity index (χ0n) is 22.1. The predicted octanol–water partition coefficient (Wildman–Crippen LogP) is 6.61. The third-order valence-electron chi connectivity index (χ3n) is 6.74. The van der Waals surface area contributed by atoms with Crippen molar-refractivity contribution in [3.05, 3.63) is 65.9 Å². The van der Waals surface area contributed by atoms with Crippen LogP contribution in [0.3, 0.4) is 0 Å². The lowest BCUT2D eigenvalue weighted by Gasteiger charge is -2.22. The molecule has 5 aromatic rings. The lowest BCUT2D eigenvalue weighted by atomic mass is 10.1. The van der Waals surface area contributed by atoms with Gasteiger partial charge >= 0.3 is 6.09 Å². The SMILES string of the molecule is COc1cnc2c(-c3nc4cc(F)c(O[C@H]5CCC[C@H]5OC(=O)Nc5ccc(C)nc5)cc4s3)cc(C)cc2n1. The lowest BCUT2D eigenvalue weighted by Crippen LogP contribution is -2.32. The zero-order chi connectivity index (χ0) is 27.8. The smallest absolute Gasteiger partial charge is 0.412 e. The number of ether oxygens (including phenoxy) is 3. The molecule has 0 radical (unpaired) electrons. The van der Waals surface area contributed by atoms with Crippen molar-refractivity contribution in [3.63, 3.8) is 0 Å². The number of aryl methyl sites for hydroxylation is 2. The van der Waals surface area contributed by atoms with E-state index in [4.69, 9.17) is 19.2 Å². The molecule has 0 saturated heterocycles. The number of fused-ring (bicyclic) bond motifs is 2. The Morgan fingerprint density at radius 2 is 1.88 bits per heavy atom. The van der Waals surface area contributed by atoms with E-state index in [1.54, 1.807) is 37.7 Å². The van der Waals surface area contributed by atoms with Crippen LogP contribution in [-0.4, -0.2) is 45.3 Å². The molecule has 1 amide bonds. The van der Waals surface area contributed by atoms with Crippen LogP contribution >= 0.6 is 11.3 Å². The zero-order valence-corrected chi connectivity index (χ0v) is 22.9. The summed E-state index contributed by atoms with van der Waals surface area (Å²) in [6.07, 6.45) is 3.65. The number of hydrogen-bond acceptors (Lipinski definition) is 9. The molecule has 0 aliphatic heterocycles. The first-order valence-corrected chi connectivity index (χ1v) is 13.7. The van der Waals surface area contributed by atoms with Crippen LogP contribution in [0, 0.1) is 19.7 Å². The minimum absolute atomic E-state index is 0.102. The molecule has 9 nitrogen and oxygen atoms in total. The van der Waals surface area contributed by atoms with E-state index in [1.807, 2.05) is 26.0 Å². The maximum Gasteiger partial charge on any atom is 0.412 e. The Bertz CT molecular complexity index is 1730. The molecule has 1 aliphatic rings. The molecule has 1 N–H and O–H groups in total. The number of nitrogens with zero attached hydrogens (tertiary/aromatic N) is 4. The molecule has 0 unspecified atom stereocenters. The van der Waals surface area contributed by atoms with Gasteiger partial charge < -0.3 is 14.2 Å². The maximum atomic E-state index is 15.2. The molecule has 40 heavy (non-hydrogen) atoms. The van der Waals surface area contributed by atoms with Crippen LogP contribution in [0.1, 0.15) is 30.5 Å². The fraction of sp³-hybridized carbons (Fsp3) is 0.276. The van der Waals surface area contributed by atoms with Crippen molar-refractivity contribution in [1.82, 2.24) is 19.9 Å². The molecule has 3 aromatic heterocycles. The Morgan fingerprint density at radius 1 is 1.02 bits per heavy atom. The average Bonchev–Trinajstić information content (AvgIpc) is 3.55. The largest absolute Gasteiger partial charge is 0.483 e. The molecule has 2 atom stereocenters. The minimum atomic E-state index is -0.597. The number of anilines is 1. The van der Waals surface area contributed by atoms with Crippen molar-refractivity contribution in [2.45, 2.75) is 45.3 Å². The summed E-state index contributed by atoms with van der Waals surface area (Å²) in [6, 6.07) is 10.5. The van der Waals surface area contributed by atoms with E-state index in [0.717, 1.165) is 27.9 Å². The van der Waals surface area contributed by atoms with Crippen LogP contribution in [0.15, 0.2) is 48.8 Å². The van der Waals surface area contributed by atoms with Gasteiger partial charge in [-0.15, -0.1) is 11.3 Å². The predicted molar refractivity (Wildman–Crippen MR) is 151 cm³/mol. The van der Waals surface area contributed by atoms with Crippen molar-refractivity contribution in [3.8, 4) is 22.2 Å². The fourth-order valence-corrected chi connectivity index (χ4v) is 5.79. The van der Waals surface area contributed by atoms with E-state index < -0.39 is 24.1 Å². The highest BCUT2D eigenvalue weighted by Gasteiger charge is 2.33. The first-order valence-electron chi connectivity index (χ1n) is 12.8. The van der Waals surface area contributed by atoms with Gasteiger partial charge in [0.15, 0.2) is 11.6 Å². The van der Waals surface area contributed by atoms with Crippen molar-refractivity contribution in [2.24, 2.45) is 0 Å². The van der Waals surface area contributed by atoms with E-state index in [0.29, 0.717) is 46.0 Å². The Morgan fingerprint density at radius 3 is 2.67 bits per heavy atom. The number of halogens is 1. The molecule has 6 rings (SSSR count). The number of rotatable bonds is 6. The second kappa shape index (κ2) is 10.6. The number of nitrogens with one attached hydrogen (secondary N) is 1. The topological polar surface area (TPSA) is 108 Å². The maximum absolute atomic E-state index is 15.2. The van der Waals surface area contributed by atoms with Crippen LogP contribution in [-0.2, 0) is 4.74 Å². The van der Waals surface area contributed by atoms with E-state index in [1.165, 1.54) is 17.4 Å². The van der Waals surface area contributed by atoms with Gasteiger partial charge in [0.1, 0.15) is 17.2 Å². The number of pyridine rings is 1. The molecule has 1 saturated carbocycles. The van der Waals surface area contributed by atoms with Gasteiger partial charge in [0.05, 0.1) is 46.4 Å². The van der Waals surface area contributed by atoms with Gasteiger partial charge in [0.25, 0.3) is 0 Å². The van der Waals surface area contributed by atoms with Crippen molar-refractivity contribution in [2.75, 3.05) is 12.4 Å². The molecular formula is C29H26FN5O4S. The molecule has 3 heterocycles. The summed E-state index contributed by atoms with van der Waals surface area (Å²) >= 11 is 1.42. The Hall–Kier alpha value is -4.38. The molecule has 1 fully saturated rings. The highest BCUT2D eigenvalue weighted by atomic mass is 32.1. The quantitative estimate of drug-likeness (QED) is 0.247. The average molecular weight is 560 g/mol. The first kappa shape index (κ1) is 25.9. The van der Waals surface area contributed by atoms with Crippen LogP contribution in [0.5, 0.6) is 11.6 Å². The Balaban J connectivity index is 1.23. The van der Waals surface area contributed by atoms with Crippen LogP contribution in [0.2, 0.25) is 0 Å². The normalized spacial score (nSPS) is 16.8. The summed E-state index contributed by atoms with van der Waals surface area (Å²) in [4.78, 5) is 30.4. The van der Waals surface area contributed by atoms with Gasteiger partial charge in [-0.3, -0.25) is 10.3 Å². The molecule has 11 heteroatoms. The Kier molecular flexibility index (Phi) is 6.89. The monoisotopic (exact) mass is 559 g/mol. The van der Waals surface area contributed by atoms with Gasteiger partial charge in [0, 0.05) is 23.4 Å². The molecule has 1 aliphatic carbocycles. The summed E-state index contributed by atoms with van der Waals surface area (Å²) in [7, 11) is 1.55. The summed E-state index contributed by atoms with van der Waals surface area (Å²) in [5.74, 6) is 0.00447. The second-order valence-corrected chi connectivity index (χ2v) is 10.7. The molecule has 0 bridgehead atoms. The van der Waals surface area contributed by atoms with Gasteiger partial charge in [-0.05, 0) is 62.9 Å². The summed E-state index contributed by atoms with van der Waals surface area (Å²) in [6.45, 7) is 3.84. The van der Waals surface area contributed by atoms with Crippen LogP contribution in [0.25, 0.3) is 31.8 Å². The number of carbonyl (C=O) groups excluding carboxylic acids is 1. The Labute approximate surface area is 233 Å². The van der Waals surface area contributed by atoms with Crippen molar-refractivity contribution >= 4 is 44.4 Å². The number of hydrogen-bond donors (Lipinski definition) is 1. The molecule has 0 spiro atoms. The number of aromatic nitrogens is 4. The first-order chi connectivity index (χ1) is 19.4. The standard InChI is InChI=1S/C29H26FN5O4S/c1-15-9-18(27-21(10-15)34-26(37-3)14-32-27)28-35-20-11-19(30)24(12-25(20)40-28)38-22-5-4-6-23(22)39-29(36)33-17-8-7-16(2)31-13-17/h7-14,22-23H,4-6H2,1-3H3,(H,33,36)/t22-,23+/m0/s1. The number of thiazole rings is 1. The third kappa shape index (κ3) is 5.24. The summed E-state index contributed by atoms with van der Waals surface area (Å²) < 4.78 is 32.9. The minimum Gasteiger partial charge on any atom is -0.483 e. The van der Waals surface area contributed by atoms with E-state index in [-0.39, 0.29) is 5.75 Å². The number of carbonyl (C=O) groups is 1. The van der Waals surface area contributed by atoms with Gasteiger partial charge in [-0.2, -0.15) is 0 Å².